The van der Waals surface area contributed by atoms with Crippen LogP contribution in [-0.4, -0.2) is 12.6 Å². The van der Waals surface area contributed by atoms with Crippen LogP contribution >= 0.6 is 27.5 Å². The van der Waals surface area contributed by atoms with Gasteiger partial charge in [-0.2, -0.15) is 0 Å². The summed E-state index contributed by atoms with van der Waals surface area (Å²) in [4.78, 5) is 0. The van der Waals surface area contributed by atoms with Crippen LogP contribution in [0, 0.1) is 5.92 Å². The first kappa shape index (κ1) is 16.0. The summed E-state index contributed by atoms with van der Waals surface area (Å²) in [6.07, 6.45) is 3.44. The molecule has 0 heterocycles. The van der Waals surface area contributed by atoms with Gasteiger partial charge in [0.2, 0.25) is 0 Å². The van der Waals surface area contributed by atoms with Crippen LogP contribution in [0.2, 0.25) is 5.02 Å². The highest BCUT2D eigenvalue weighted by Crippen LogP contribution is 2.24. The fourth-order valence-corrected chi connectivity index (χ4v) is 2.88. The largest absolute Gasteiger partial charge is 0.314 e. The number of hydrogen-bond acceptors (Lipinski definition) is 1. The Kier molecular flexibility index (Phi) is 7.28. The summed E-state index contributed by atoms with van der Waals surface area (Å²) in [6.45, 7) is 7.73. The third-order valence-electron chi connectivity index (χ3n) is 3.36. The first-order valence-corrected chi connectivity index (χ1v) is 7.91. The van der Waals surface area contributed by atoms with Crippen LogP contribution in [0.4, 0.5) is 0 Å². The molecule has 1 N–H and O–H groups in total. The van der Waals surface area contributed by atoms with Gasteiger partial charge in [-0.3, -0.25) is 0 Å². The van der Waals surface area contributed by atoms with E-state index in [4.69, 9.17) is 11.6 Å². The number of benzene rings is 1. The van der Waals surface area contributed by atoms with Gasteiger partial charge in [-0.25, -0.2) is 0 Å². The lowest BCUT2D eigenvalue weighted by Crippen LogP contribution is -2.32. The smallest absolute Gasteiger partial charge is 0.0449 e. The Labute approximate surface area is 124 Å². The molecule has 0 aliphatic carbocycles. The quantitative estimate of drug-likeness (QED) is 0.736. The SMILES string of the molecule is CCNC(Cc1ccc(Br)cc1Cl)CC(C)CC. The minimum atomic E-state index is 0.517. The maximum Gasteiger partial charge on any atom is 0.0449 e. The van der Waals surface area contributed by atoms with E-state index in [1.165, 1.54) is 18.4 Å². The van der Waals surface area contributed by atoms with Crippen molar-refractivity contribution in [2.24, 2.45) is 5.92 Å². The molecule has 2 unspecified atom stereocenters. The fourth-order valence-electron chi connectivity index (χ4n) is 2.13. The number of nitrogens with one attached hydrogen (secondary N) is 1. The second-order valence-electron chi connectivity index (χ2n) is 4.94. The van der Waals surface area contributed by atoms with Crippen molar-refractivity contribution >= 4 is 27.5 Å². The van der Waals surface area contributed by atoms with Gasteiger partial charge in [0.1, 0.15) is 0 Å². The maximum absolute atomic E-state index is 6.29. The Morgan fingerprint density at radius 2 is 2.06 bits per heavy atom. The third-order valence-corrected chi connectivity index (χ3v) is 4.20. The number of likely N-dealkylation sites (N-methyl/N-ethyl adjacent to an activating group) is 1. The first-order chi connectivity index (χ1) is 8.56. The molecule has 0 bridgehead atoms. The molecule has 0 aliphatic heterocycles. The van der Waals surface area contributed by atoms with Crippen molar-refractivity contribution in [3.63, 3.8) is 0 Å². The average molecular weight is 333 g/mol. The summed E-state index contributed by atoms with van der Waals surface area (Å²) < 4.78 is 1.04. The normalized spacial score (nSPS) is 14.5. The average Bonchev–Trinajstić information content (AvgIpc) is 2.32. The Morgan fingerprint density at radius 3 is 2.61 bits per heavy atom. The predicted octanol–water partition coefficient (Wildman–Crippen LogP) is 5.06. The lowest BCUT2D eigenvalue weighted by Gasteiger charge is -2.21. The van der Waals surface area contributed by atoms with Gasteiger partial charge < -0.3 is 5.32 Å². The van der Waals surface area contributed by atoms with E-state index in [0.717, 1.165) is 28.4 Å². The molecule has 0 aliphatic rings. The lowest BCUT2D eigenvalue weighted by molar-refractivity contribution is 0.397. The van der Waals surface area contributed by atoms with Crippen molar-refractivity contribution in [2.45, 2.75) is 46.1 Å². The molecular weight excluding hydrogens is 310 g/mol. The van der Waals surface area contributed by atoms with Crippen molar-refractivity contribution in [1.82, 2.24) is 5.32 Å². The van der Waals surface area contributed by atoms with E-state index in [0.29, 0.717) is 6.04 Å². The molecule has 0 saturated heterocycles. The van der Waals surface area contributed by atoms with Gasteiger partial charge in [0.05, 0.1) is 0 Å². The van der Waals surface area contributed by atoms with E-state index in [1.807, 2.05) is 6.07 Å². The molecule has 102 valence electrons. The maximum atomic E-state index is 6.29. The van der Waals surface area contributed by atoms with Crippen LogP contribution in [0.1, 0.15) is 39.2 Å². The molecule has 1 aromatic carbocycles. The zero-order valence-corrected chi connectivity index (χ0v) is 13.8. The molecule has 0 saturated carbocycles. The van der Waals surface area contributed by atoms with Crippen molar-refractivity contribution in [1.29, 1.82) is 0 Å². The van der Waals surface area contributed by atoms with E-state index in [9.17, 15) is 0 Å². The van der Waals surface area contributed by atoms with E-state index in [-0.39, 0.29) is 0 Å². The van der Waals surface area contributed by atoms with Crippen molar-refractivity contribution in [2.75, 3.05) is 6.54 Å². The fraction of sp³-hybridized carbons (Fsp3) is 0.600. The Balaban J connectivity index is 2.69. The van der Waals surface area contributed by atoms with E-state index in [2.05, 4.69) is 54.2 Å². The monoisotopic (exact) mass is 331 g/mol. The van der Waals surface area contributed by atoms with E-state index in [1.54, 1.807) is 0 Å². The third kappa shape index (κ3) is 5.29. The molecule has 0 aromatic heterocycles. The number of rotatable bonds is 7. The highest BCUT2D eigenvalue weighted by atomic mass is 79.9. The molecule has 18 heavy (non-hydrogen) atoms. The molecule has 1 aromatic rings. The van der Waals surface area contributed by atoms with Crippen LogP contribution in [0.3, 0.4) is 0 Å². The lowest BCUT2D eigenvalue weighted by atomic mass is 9.94. The van der Waals surface area contributed by atoms with E-state index < -0.39 is 0 Å². The van der Waals surface area contributed by atoms with Crippen molar-refractivity contribution < 1.29 is 0 Å². The minimum absolute atomic E-state index is 0.517. The Hall–Kier alpha value is -0.0500. The zero-order valence-electron chi connectivity index (χ0n) is 11.5. The van der Waals surface area contributed by atoms with Crippen LogP contribution in [0.25, 0.3) is 0 Å². The summed E-state index contributed by atoms with van der Waals surface area (Å²) in [5, 5.41) is 4.43. The Bertz CT molecular complexity index is 368. The van der Waals surface area contributed by atoms with Crippen molar-refractivity contribution in [3.05, 3.63) is 33.3 Å². The summed E-state index contributed by atoms with van der Waals surface area (Å²) in [5.74, 6) is 0.753. The van der Waals surface area contributed by atoms with E-state index >= 15 is 0 Å². The first-order valence-electron chi connectivity index (χ1n) is 6.74. The van der Waals surface area contributed by atoms with Gasteiger partial charge in [-0.15, -0.1) is 0 Å². The highest BCUT2D eigenvalue weighted by Gasteiger charge is 2.13. The number of halogens is 2. The zero-order chi connectivity index (χ0) is 13.5. The molecule has 1 rings (SSSR count). The molecule has 0 radical (unpaired) electrons. The topological polar surface area (TPSA) is 12.0 Å². The van der Waals surface area contributed by atoms with Crippen molar-refractivity contribution in [3.8, 4) is 0 Å². The van der Waals surface area contributed by atoms with Gasteiger partial charge in [0.25, 0.3) is 0 Å². The molecule has 0 spiro atoms. The molecular formula is C15H23BrClN. The molecule has 1 nitrogen and oxygen atoms in total. The second kappa shape index (κ2) is 8.19. The second-order valence-corrected chi connectivity index (χ2v) is 6.27. The molecule has 3 heteroatoms. The van der Waals surface area contributed by atoms with Crippen LogP contribution in [0.5, 0.6) is 0 Å². The minimum Gasteiger partial charge on any atom is -0.314 e. The molecule has 0 fully saturated rings. The van der Waals surface area contributed by atoms with Gasteiger partial charge >= 0.3 is 0 Å². The summed E-state index contributed by atoms with van der Waals surface area (Å²) in [7, 11) is 0. The molecule has 0 amide bonds. The Morgan fingerprint density at radius 1 is 1.33 bits per heavy atom. The summed E-state index contributed by atoms with van der Waals surface area (Å²) in [6, 6.07) is 6.67. The van der Waals surface area contributed by atoms with Crippen LogP contribution in [0.15, 0.2) is 22.7 Å². The highest BCUT2D eigenvalue weighted by molar-refractivity contribution is 9.10. The van der Waals surface area contributed by atoms with Gasteiger partial charge in [-0.05, 0) is 43.0 Å². The van der Waals surface area contributed by atoms with Crippen LogP contribution in [-0.2, 0) is 6.42 Å². The van der Waals surface area contributed by atoms with Gasteiger partial charge in [0.15, 0.2) is 0 Å². The standard InChI is InChI=1S/C15H23BrClN/c1-4-11(3)8-14(18-5-2)9-12-6-7-13(16)10-15(12)17/h6-7,10-11,14,18H,4-5,8-9H2,1-3H3. The van der Waals surface area contributed by atoms with Gasteiger partial charge in [-0.1, -0.05) is 60.8 Å². The molecule has 2 atom stereocenters. The number of hydrogen-bond donors (Lipinski definition) is 1. The predicted molar refractivity (Wildman–Crippen MR) is 84.4 cm³/mol. The van der Waals surface area contributed by atoms with Crippen LogP contribution < -0.4 is 5.32 Å². The summed E-state index contributed by atoms with van der Waals surface area (Å²) >= 11 is 9.73. The summed E-state index contributed by atoms with van der Waals surface area (Å²) in [5.41, 5.74) is 1.23. The van der Waals surface area contributed by atoms with Gasteiger partial charge in [0, 0.05) is 15.5 Å².